The highest BCUT2D eigenvalue weighted by molar-refractivity contribution is 8.05. The molecule has 18 heteroatoms. The third kappa shape index (κ3) is 21.6. The van der Waals surface area contributed by atoms with Crippen LogP contribution in [0.5, 0.6) is 34.5 Å². The number of fused-ring (bicyclic) bond motifs is 22. The summed E-state index contributed by atoms with van der Waals surface area (Å²) in [4.78, 5) is 46.5. The van der Waals surface area contributed by atoms with Gasteiger partial charge >= 0.3 is 0 Å². The van der Waals surface area contributed by atoms with E-state index in [2.05, 4.69) is 128 Å². The van der Waals surface area contributed by atoms with Crippen molar-refractivity contribution in [2.24, 2.45) is 0 Å². The van der Waals surface area contributed by atoms with Gasteiger partial charge in [-0.2, -0.15) is 10.5 Å². The lowest BCUT2D eigenvalue weighted by Crippen LogP contribution is -2.08. The van der Waals surface area contributed by atoms with E-state index in [4.69, 9.17) is 58.3 Å². The van der Waals surface area contributed by atoms with Gasteiger partial charge in [0.25, 0.3) is 0 Å². The smallest absolute Gasteiger partial charge is 0.164 e. The van der Waals surface area contributed by atoms with Crippen LogP contribution in [0.1, 0.15) is 334 Å². The highest BCUT2D eigenvalue weighted by Crippen LogP contribution is 2.58. The molecule has 0 unspecified atom stereocenters. The fourth-order valence-electron chi connectivity index (χ4n) is 16.3. The lowest BCUT2D eigenvalue weighted by atomic mass is 9.94. The fraction of sp³-hybridized carbons (Fsp3) is 0.583. The predicted octanol–water partition coefficient (Wildman–Crippen LogP) is 27.9. The van der Waals surface area contributed by atoms with Gasteiger partial charge in [-0.1, -0.05) is 285 Å². The first kappa shape index (κ1) is 86.8. The van der Waals surface area contributed by atoms with Gasteiger partial charge in [-0.3, -0.25) is 0 Å². The quantitative estimate of drug-likeness (QED) is 0.0339. The van der Waals surface area contributed by atoms with Crippen LogP contribution in [0.15, 0.2) is 56.0 Å². The first-order valence-electron chi connectivity index (χ1n) is 44.9. The van der Waals surface area contributed by atoms with Crippen molar-refractivity contribution in [3.05, 3.63) is 69.8 Å². The SMILES string of the molecule is CCCCCCCCOc1cc2c(cc1OCCCCCCCC)-c1nc-2nc2[nH]c(nc3nc(nc4[nH]c(n1)c1c(CC)c5c(c(CC)c41)Sc1c(CC)c(C#N)c(C#N)c(CC)c1S5)-c1cc(OCCCCCCCC)c(OCCCCCCCC)cc1-3)c1cc(OCCCCCCCC)c(OCCCCCCCC)cc21. The normalized spacial score (nSPS) is 12.1. The number of hydrogen-bond acceptors (Lipinski definition) is 16. The van der Waals surface area contributed by atoms with Gasteiger partial charge in [0, 0.05) is 63.4 Å². The van der Waals surface area contributed by atoms with Crippen LogP contribution in [-0.2, 0) is 25.7 Å². The number of aromatic nitrogens is 8. The van der Waals surface area contributed by atoms with Crippen molar-refractivity contribution in [3.63, 3.8) is 0 Å². The lowest BCUT2D eigenvalue weighted by molar-refractivity contribution is 0.258. The number of nitrogens with one attached hydrogen (secondary N) is 2. The molecule has 3 aromatic heterocycles. The van der Waals surface area contributed by atoms with Crippen molar-refractivity contribution in [1.82, 2.24) is 39.9 Å². The summed E-state index contributed by atoms with van der Waals surface area (Å²) in [5, 5.41) is 25.2. The molecule has 114 heavy (non-hydrogen) atoms. The highest BCUT2D eigenvalue weighted by Gasteiger charge is 2.35. The predicted molar refractivity (Wildman–Crippen MR) is 471 cm³/mol. The van der Waals surface area contributed by atoms with Gasteiger partial charge in [-0.15, -0.1) is 0 Å². The summed E-state index contributed by atoms with van der Waals surface area (Å²) in [5.74, 6) is 5.73. The second-order valence-corrected chi connectivity index (χ2v) is 33.5. The third-order valence-corrected chi connectivity index (χ3v) is 25.6. The minimum Gasteiger partial charge on any atom is -0.490 e. The molecule has 0 radical (unpaired) electrons. The van der Waals surface area contributed by atoms with Crippen LogP contribution in [-0.4, -0.2) is 79.5 Å². The summed E-state index contributed by atoms with van der Waals surface area (Å²) < 4.78 is 41.6. The number of ether oxygens (including phenoxy) is 6. The number of aryl methyl sites for hydroxylation is 2. The van der Waals surface area contributed by atoms with Crippen molar-refractivity contribution in [2.45, 2.75) is 346 Å². The second-order valence-electron chi connectivity index (χ2n) is 31.4. The summed E-state index contributed by atoms with van der Waals surface area (Å²) in [6, 6.07) is 17.6. The summed E-state index contributed by atoms with van der Waals surface area (Å²) >= 11 is 3.47. The van der Waals surface area contributed by atoms with Crippen molar-refractivity contribution < 1.29 is 28.4 Å². The van der Waals surface area contributed by atoms with Crippen LogP contribution < -0.4 is 28.4 Å². The minimum absolute atomic E-state index is 0.450. The largest absolute Gasteiger partial charge is 0.490 e. The monoisotopic (exact) mass is 1580 g/mol. The Labute approximate surface area is 689 Å². The molecule has 16 nitrogen and oxygen atoms in total. The zero-order chi connectivity index (χ0) is 80.0. The van der Waals surface area contributed by atoms with Gasteiger partial charge in [0.2, 0.25) is 0 Å². The molecular weight excluding hydrogens is 1450 g/mol. The van der Waals surface area contributed by atoms with Crippen molar-refractivity contribution in [2.75, 3.05) is 39.6 Å². The fourth-order valence-corrected chi connectivity index (χ4v) is 19.5. The first-order chi connectivity index (χ1) is 56.1. The second kappa shape index (κ2) is 45.4. The molecule has 3 aliphatic rings. The number of H-pyrrole nitrogens is 2. The summed E-state index contributed by atoms with van der Waals surface area (Å²) in [6.07, 6.45) is 43.3. The maximum Gasteiger partial charge on any atom is 0.164 e. The van der Waals surface area contributed by atoms with Crippen LogP contribution in [0, 0.1) is 22.7 Å². The summed E-state index contributed by atoms with van der Waals surface area (Å²) in [6.45, 7) is 25.4. The highest BCUT2D eigenvalue weighted by atomic mass is 32.2. The summed E-state index contributed by atoms with van der Waals surface area (Å²) in [5.41, 5.74) is 10.2. The van der Waals surface area contributed by atoms with E-state index in [0.29, 0.717) is 157 Å². The Bertz CT molecular complexity index is 4470. The van der Waals surface area contributed by atoms with Crippen LogP contribution in [0.2, 0.25) is 0 Å². The molecule has 0 aliphatic carbocycles. The molecule has 0 saturated carbocycles. The number of nitrogens with zero attached hydrogens (tertiary/aromatic N) is 8. The van der Waals surface area contributed by atoms with Crippen molar-refractivity contribution in [1.29, 1.82) is 10.5 Å². The molecule has 0 spiro atoms. The molecule has 3 aliphatic heterocycles. The van der Waals surface area contributed by atoms with E-state index in [9.17, 15) is 10.5 Å². The third-order valence-electron chi connectivity index (χ3n) is 22.8. The van der Waals surface area contributed by atoms with E-state index in [0.717, 1.165) is 176 Å². The van der Waals surface area contributed by atoms with Gasteiger partial charge in [0.15, 0.2) is 57.8 Å². The van der Waals surface area contributed by atoms with Gasteiger partial charge in [-0.25, -0.2) is 29.9 Å². The van der Waals surface area contributed by atoms with Gasteiger partial charge in [0.05, 0.1) is 50.8 Å². The van der Waals surface area contributed by atoms with Gasteiger partial charge in [0.1, 0.15) is 34.7 Å². The molecule has 11 rings (SSSR count). The minimum atomic E-state index is 0.450. The Morgan fingerprint density at radius 1 is 0.272 bits per heavy atom. The maximum atomic E-state index is 10.9. The van der Waals surface area contributed by atoms with E-state index < -0.39 is 0 Å². The topological polar surface area (TPSA) is 212 Å². The van der Waals surface area contributed by atoms with Crippen LogP contribution in [0.4, 0.5) is 0 Å². The molecule has 612 valence electrons. The Hall–Kier alpha value is -8.06. The zero-order valence-electron chi connectivity index (χ0n) is 70.8. The van der Waals surface area contributed by atoms with E-state index in [1.54, 1.807) is 23.5 Å². The maximum absolute atomic E-state index is 10.9. The average molecular weight is 1580 g/mol. The van der Waals surface area contributed by atoms with Crippen LogP contribution in [0.3, 0.4) is 0 Å². The first-order valence-corrected chi connectivity index (χ1v) is 46.5. The molecule has 8 aromatic rings. The average Bonchev–Trinajstić information content (AvgIpc) is 1.40. The van der Waals surface area contributed by atoms with E-state index in [-0.39, 0.29) is 0 Å². The summed E-state index contributed by atoms with van der Waals surface area (Å²) in [7, 11) is 0. The number of aromatic amines is 2. The number of nitriles is 2. The Kier molecular flexibility index (Phi) is 34.6. The lowest BCUT2D eigenvalue weighted by Gasteiger charge is -2.28. The van der Waals surface area contributed by atoms with E-state index in [1.165, 1.54) is 141 Å². The number of benzene rings is 5. The molecule has 0 saturated heterocycles. The molecule has 2 N–H and O–H groups in total. The zero-order valence-corrected chi connectivity index (χ0v) is 72.5. The van der Waals surface area contributed by atoms with E-state index in [1.807, 2.05) is 0 Å². The van der Waals surface area contributed by atoms with E-state index >= 15 is 0 Å². The molecule has 0 amide bonds. The number of hydrogen-bond donors (Lipinski definition) is 2. The number of rotatable bonds is 52. The van der Waals surface area contributed by atoms with Gasteiger partial charge in [-0.05, 0) is 123 Å². The Morgan fingerprint density at radius 3 is 0.737 bits per heavy atom. The van der Waals surface area contributed by atoms with Crippen LogP contribution >= 0.6 is 23.5 Å². The van der Waals surface area contributed by atoms with Crippen molar-refractivity contribution >= 4 is 67.7 Å². The number of unbranched alkanes of at least 4 members (excludes halogenated alkanes) is 30. The Balaban J connectivity index is 1.22. The Morgan fingerprint density at radius 2 is 0.491 bits per heavy atom. The standard InChI is InChI=1S/C96H130N10O6S2/c1-11-21-27-33-39-45-51-107-77-57-69-70(58-78(77)108-52-46-40-34-28-22-12-2)90-99-89(69)100-91-71-59-79(109-53-47-41-35-29-23-13-3)81(111-55-49-43-37-31-25-15-5)61-73(71)93(102-91)104-95-83-67(19-9)87-88(114-86-66(18-8)76(64-98)75(63-97)65(17-7)85(86)113-87)68(20-10)84(83)96(106-95)105-94-74-62-82(112-56-50-44-38-32-26-16-6)80(60-72(74)92(101-90)103-94)110-54-48-42-36-30-24-14-4/h57-62H,11-56H2,1-10H3,(H2,99,100,101,102,103,104,105,106). The van der Waals surface area contributed by atoms with Crippen molar-refractivity contribution in [3.8, 4) is 92.2 Å². The molecule has 6 heterocycles. The molecular formula is C96H130N10O6S2. The molecule has 0 fully saturated rings. The molecule has 0 atom stereocenters. The molecule has 5 aromatic carbocycles. The van der Waals surface area contributed by atoms with Gasteiger partial charge < -0.3 is 38.4 Å². The van der Waals surface area contributed by atoms with Crippen LogP contribution in [0.25, 0.3) is 89.7 Å². The molecule has 8 bridgehead atoms.